The molecule has 2 aromatic heterocycles. The third-order valence-corrected chi connectivity index (χ3v) is 17.8. The van der Waals surface area contributed by atoms with Gasteiger partial charge in [-0.05, 0) is 122 Å². The summed E-state index contributed by atoms with van der Waals surface area (Å²) in [6.07, 6.45) is 0. The molecule has 0 amide bonds. The number of fused-ring (bicyclic) bond motifs is 24. The number of anilines is 9. The normalized spacial score (nSPS) is 14.3. The summed E-state index contributed by atoms with van der Waals surface area (Å²) in [5.41, 5.74) is 31.0. The number of hydrogen-bond acceptors (Lipinski definition) is 3. The van der Waals surface area contributed by atoms with Crippen LogP contribution in [0, 0.1) is 0 Å². The summed E-state index contributed by atoms with van der Waals surface area (Å²) in [6, 6.07) is 87.6. The Labute approximate surface area is 427 Å². The lowest BCUT2D eigenvalue weighted by Gasteiger charge is -2.55. The molecule has 0 N–H and O–H groups in total. The zero-order valence-electron chi connectivity index (χ0n) is 39.9. The molecule has 0 saturated carbocycles. The van der Waals surface area contributed by atoms with Crippen LogP contribution in [0.15, 0.2) is 231 Å². The van der Waals surface area contributed by atoms with Gasteiger partial charge in [-0.2, -0.15) is 0 Å². The third-order valence-electron chi connectivity index (χ3n) is 17.8. The number of rotatable bonds is 2. The van der Waals surface area contributed by atoms with Crippen molar-refractivity contribution < 1.29 is 0 Å². The van der Waals surface area contributed by atoms with E-state index in [0.29, 0.717) is 0 Å². The second kappa shape index (κ2) is 13.4. The highest BCUT2D eigenvalue weighted by atomic mass is 15.2. The van der Waals surface area contributed by atoms with Crippen molar-refractivity contribution in [3.8, 4) is 11.4 Å². The van der Waals surface area contributed by atoms with E-state index in [4.69, 9.17) is 0 Å². The highest BCUT2D eigenvalue weighted by Gasteiger charge is 2.57. The van der Waals surface area contributed by atoms with Gasteiger partial charge in [0.2, 0.25) is 0 Å². The summed E-state index contributed by atoms with van der Waals surface area (Å²) in [5.74, 6) is 0. The number of benzene rings is 11. The summed E-state index contributed by atoms with van der Waals surface area (Å²) in [7, 11) is 0. The molecule has 336 valence electrons. The molecule has 6 aliphatic heterocycles. The lowest BCUT2D eigenvalue weighted by atomic mass is 9.24. The molecule has 0 aliphatic carbocycles. The molecule has 8 heterocycles. The predicted octanol–water partition coefficient (Wildman–Crippen LogP) is 9.72. The van der Waals surface area contributed by atoms with Gasteiger partial charge in [-0.25, -0.2) is 0 Å². The lowest BCUT2D eigenvalue weighted by Crippen LogP contribution is -2.74. The third kappa shape index (κ3) is 4.39. The summed E-state index contributed by atoms with van der Waals surface area (Å²) in [5, 5.41) is 5.06. The maximum Gasteiger partial charge on any atom is 0.252 e. The van der Waals surface area contributed by atoms with Gasteiger partial charge >= 0.3 is 0 Å². The van der Waals surface area contributed by atoms with Crippen molar-refractivity contribution in [3.05, 3.63) is 231 Å². The van der Waals surface area contributed by atoms with E-state index in [-0.39, 0.29) is 20.1 Å². The number of hydrogen-bond donors (Lipinski definition) is 0. The fourth-order valence-electron chi connectivity index (χ4n) is 15.2. The maximum absolute atomic E-state index is 2.72. The van der Waals surface area contributed by atoms with Gasteiger partial charge in [-0.1, -0.05) is 158 Å². The molecule has 13 aromatic rings. The molecule has 0 bridgehead atoms. The topological polar surface area (TPSA) is 19.6 Å². The summed E-state index contributed by atoms with van der Waals surface area (Å²) in [6.45, 7) is -0.0510. The first-order chi connectivity index (χ1) is 36.8. The van der Waals surface area contributed by atoms with Crippen LogP contribution >= 0.6 is 0 Å². The minimum atomic E-state index is -0.0925. The van der Waals surface area contributed by atoms with Gasteiger partial charge in [0.15, 0.2) is 0 Å². The maximum atomic E-state index is 2.72. The van der Waals surface area contributed by atoms with Crippen LogP contribution < -0.4 is 63.9 Å². The first-order valence-electron chi connectivity index (χ1n) is 26.0. The molecule has 0 unspecified atom stereocenters. The Hall–Kier alpha value is -9.39. The van der Waals surface area contributed by atoms with Gasteiger partial charge in [0.25, 0.3) is 20.1 Å². The number of nitrogens with zero attached hydrogens (tertiary/aromatic N) is 5. The first kappa shape index (κ1) is 38.3. The van der Waals surface area contributed by atoms with Crippen LogP contribution in [0.25, 0.3) is 55.0 Å². The Morgan fingerprint density at radius 1 is 0.230 bits per heavy atom. The highest BCUT2D eigenvalue weighted by Crippen LogP contribution is 2.52. The zero-order valence-corrected chi connectivity index (χ0v) is 39.9. The Kier molecular flexibility index (Phi) is 6.92. The lowest BCUT2D eigenvalue weighted by molar-refractivity contribution is 1.17. The van der Waals surface area contributed by atoms with Crippen LogP contribution in [0.2, 0.25) is 0 Å². The molecular weight excluding hydrogens is 895 g/mol. The van der Waals surface area contributed by atoms with Crippen LogP contribution in [-0.2, 0) is 0 Å². The van der Waals surface area contributed by atoms with E-state index in [2.05, 4.69) is 254 Å². The summed E-state index contributed by atoms with van der Waals surface area (Å²) < 4.78 is 4.99. The second-order valence-corrected chi connectivity index (χ2v) is 21.1. The van der Waals surface area contributed by atoms with Crippen LogP contribution in [0.4, 0.5) is 51.2 Å². The molecule has 19 rings (SSSR count). The second-order valence-electron chi connectivity index (χ2n) is 21.1. The molecule has 0 fully saturated rings. The van der Waals surface area contributed by atoms with Crippen molar-refractivity contribution in [1.29, 1.82) is 0 Å². The molecular formula is C66H38B3N5. The summed E-state index contributed by atoms with van der Waals surface area (Å²) >= 11 is 0. The molecule has 0 radical (unpaired) electrons. The predicted molar refractivity (Wildman–Crippen MR) is 313 cm³/mol. The van der Waals surface area contributed by atoms with E-state index in [0.717, 1.165) is 11.4 Å². The Balaban J connectivity index is 1.05. The van der Waals surface area contributed by atoms with E-state index in [9.17, 15) is 0 Å². The molecule has 5 nitrogen and oxygen atoms in total. The van der Waals surface area contributed by atoms with Crippen LogP contribution in [0.3, 0.4) is 0 Å². The monoisotopic (exact) mass is 933 g/mol. The Morgan fingerprint density at radius 2 is 0.541 bits per heavy atom. The fraction of sp³-hybridized carbons (Fsp3) is 0. The average molecular weight is 934 g/mol. The molecule has 6 aliphatic rings. The van der Waals surface area contributed by atoms with Gasteiger partial charge in [0.05, 0.1) is 22.1 Å². The minimum absolute atomic E-state index is 0.0207. The zero-order chi connectivity index (χ0) is 47.7. The highest BCUT2D eigenvalue weighted by molar-refractivity contribution is 7.09. The quantitative estimate of drug-likeness (QED) is 0.161. The minimum Gasteiger partial charge on any atom is -0.312 e. The van der Waals surface area contributed by atoms with Crippen molar-refractivity contribution in [2.45, 2.75) is 0 Å². The molecule has 0 saturated heterocycles. The van der Waals surface area contributed by atoms with Crippen LogP contribution in [0.1, 0.15) is 0 Å². The van der Waals surface area contributed by atoms with Crippen LogP contribution in [0.5, 0.6) is 0 Å². The Bertz CT molecular complexity index is 4440. The van der Waals surface area contributed by atoms with Crippen molar-refractivity contribution >= 4 is 164 Å². The standard InChI is InChI=1S/C66H38B3N5/c1-3-19-39(20-4-1)70-51-29-13-7-23-41(51)43-35-49-59(37-57(43)70)73-55-33-17-11-27-47(55)67-45-25-9-15-31-53(45)72-54-32-16-10-26-46(54)68-48-28-12-18-34-56(48)74-60-38-58-44(42-24-8-14-30-52(42)71(58)40-21-5-2-6-22-40)36-50(60)69(49)63-65(73)61(67)64(72)62(68)66(63)74/h1-38H. The van der Waals surface area contributed by atoms with Crippen molar-refractivity contribution in [1.82, 2.24) is 9.13 Å². The van der Waals surface area contributed by atoms with Gasteiger partial charge in [0, 0.05) is 84.1 Å². The molecule has 11 aromatic carbocycles. The number of aromatic nitrogens is 2. The van der Waals surface area contributed by atoms with Crippen molar-refractivity contribution in [3.63, 3.8) is 0 Å². The average Bonchev–Trinajstić information content (AvgIpc) is 3.98. The summed E-state index contributed by atoms with van der Waals surface area (Å²) in [4.78, 5) is 8.11. The molecule has 74 heavy (non-hydrogen) atoms. The van der Waals surface area contributed by atoms with E-state index in [1.54, 1.807) is 0 Å². The fourth-order valence-corrected chi connectivity index (χ4v) is 15.2. The van der Waals surface area contributed by atoms with Crippen molar-refractivity contribution in [2.24, 2.45) is 0 Å². The molecule has 0 atom stereocenters. The van der Waals surface area contributed by atoms with E-state index < -0.39 is 0 Å². The molecule has 0 spiro atoms. The molecule has 8 heteroatoms. The van der Waals surface area contributed by atoms with Gasteiger partial charge < -0.3 is 23.8 Å². The van der Waals surface area contributed by atoms with Crippen molar-refractivity contribution in [2.75, 3.05) is 14.7 Å². The Morgan fingerprint density at radius 3 is 0.932 bits per heavy atom. The van der Waals surface area contributed by atoms with Gasteiger partial charge in [-0.15, -0.1) is 0 Å². The smallest absolute Gasteiger partial charge is 0.252 e. The van der Waals surface area contributed by atoms with E-state index >= 15 is 0 Å². The van der Waals surface area contributed by atoms with Gasteiger partial charge in [-0.3, -0.25) is 0 Å². The number of para-hydroxylation sites is 8. The van der Waals surface area contributed by atoms with E-state index in [1.807, 2.05) is 0 Å². The van der Waals surface area contributed by atoms with Crippen LogP contribution in [-0.4, -0.2) is 29.3 Å². The van der Waals surface area contributed by atoms with E-state index in [1.165, 1.54) is 144 Å². The largest absolute Gasteiger partial charge is 0.312 e. The first-order valence-corrected chi connectivity index (χ1v) is 26.0. The van der Waals surface area contributed by atoms with Gasteiger partial charge in [0.1, 0.15) is 0 Å². The SMILES string of the molecule is c1ccc(-n2c3ccccc3c3cc4c(cc32)N2c3ccccc3B3c5ccccc5N5c6ccccc6B6c7ccccc7N7c8cc9c(cc8B4c4c2c3c5c6c47)c2ccccc2n9-c2ccccc2)cc1.